The summed E-state index contributed by atoms with van der Waals surface area (Å²) in [5.74, 6) is -1.20. The standard InChI is InChI=1S/C25H23ClN4O5/c1-16-9-10-19(13-22(16)26)28-23(31)15-35-21-8-3-5-17(11-21)14-27-30-25(33)24(32)29-18-6-4-7-20(12-18)34-2/h3-14H,15H2,1-2H3,(H,28,31)(H,29,32)(H,30,33)/b27-14-. The number of nitrogens with one attached hydrogen (secondary N) is 3. The minimum atomic E-state index is -0.940. The first-order valence-electron chi connectivity index (χ1n) is 10.4. The van der Waals surface area contributed by atoms with Crippen LogP contribution in [0.1, 0.15) is 11.1 Å². The van der Waals surface area contributed by atoms with Crippen molar-refractivity contribution in [1.82, 2.24) is 5.43 Å². The summed E-state index contributed by atoms with van der Waals surface area (Å²) in [6.07, 6.45) is 1.35. The fraction of sp³-hybridized carbons (Fsp3) is 0.120. The van der Waals surface area contributed by atoms with Crippen molar-refractivity contribution in [1.29, 1.82) is 0 Å². The van der Waals surface area contributed by atoms with E-state index >= 15 is 0 Å². The van der Waals surface area contributed by atoms with Crippen molar-refractivity contribution in [3.8, 4) is 11.5 Å². The number of carbonyl (C=O) groups is 3. The summed E-state index contributed by atoms with van der Waals surface area (Å²) in [7, 11) is 1.50. The maximum absolute atomic E-state index is 12.1. The number of rotatable bonds is 8. The molecule has 3 aromatic rings. The summed E-state index contributed by atoms with van der Waals surface area (Å²) in [5.41, 5.74) is 4.63. The zero-order chi connectivity index (χ0) is 25.2. The van der Waals surface area contributed by atoms with Gasteiger partial charge in [-0.2, -0.15) is 5.10 Å². The Hall–Kier alpha value is -4.37. The molecular formula is C25H23ClN4O5. The lowest BCUT2D eigenvalue weighted by Gasteiger charge is -2.09. The summed E-state index contributed by atoms with van der Waals surface area (Å²) < 4.78 is 10.6. The second-order valence-electron chi connectivity index (χ2n) is 7.26. The van der Waals surface area contributed by atoms with Crippen LogP contribution >= 0.6 is 11.6 Å². The van der Waals surface area contributed by atoms with Gasteiger partial charge in [0.1, 0.15) is 11.5 Å². The monoisotopic (exact) mass is 494 g/mol. The molecule has 0 radical (unpaired) electrons. The number of carbonyl (C=O) groups excluding carboxylic acids is 3. The van der Waals surface area contributed by atoms with Gasteiger partial charge in [0.15, 0.2) is 6.61 Å². The van der Waals surface area contributed by atoms with Crippen molar-refractivity contribution in [2.45, 2.75) is 6.92 Å². The molecule has 0 fully saturated rings. The molecule has 0 aliphatic heterocycles. The van der Waals surface area contributed by atoms with E-state index in [1.165, 1.54) is 13.3 Å². The zero-order valence-electron chi connectivity index (χ0n) is 19.0. The first kappa shape index (κ1) is 25.3. The molecule has 0 saturated carbocycles. The largest absolute Gasteiger partial charge is 0.497 e. The highest BCUT2D eigenvalue weighted by Crippen LogP contribution is 2.20. The number of hydrogen-bond acceptors (Lipinski definition) is 6. The Bertz CT molecular complexity index is 1260. The van der Waals surface area contributed by atoms with Crippen molar-refractivity contribution in [3.63, 3.8) is 0 Å². The highest BCUT2D eigenvalue weighted by molar-refractivity contribution is 6.39. The van der Waals surface area contributed by atoms with Crippen LogP contribution in [0.2, 0.25) is 5.02 Å². The highest BCUT2D eigenvalue weighted by atomic mass is 35.5. The first-order valence-corrected chi connectivity index (χ1v) is 10.8. The number of hydrazone groups is 1. The molecule has 3 amide bonds. The average Bonchev–Trinajstić information content (AvgIpc) is 2.85. The van der Waals surface area contributed by atoms with E-state index < -0.39 is 11.8 Å². The van der Waals surface area contributed by atoms with Gasteiger partial charge in [0.25, 0.3) is 5.91 Å². The van der Waals surface area contributed by atoms with E-state index in [0.29, 0.717) is 33.5 Å². The minimum absolute atomic E-state index is 0.215. The Morgan fingerprint density at radius 3 is 2.43 bits per heavy atom. The Labute approximate surface area is 207 Å². The van der Waals surface area contributed by atoms with E-state index in [4.69, 9.17) is 21.1 Å². The maximum atomic E-state index is 12.1. The number of ether oxygens (including phenoxy) is 2. The van der Waals surface area contributed by atoms with Gasteiger partial charge in [0.05, 0.1) is 13.3 Å². The lowest BCUT2D eigenvalue weighted by molar-refractivity contribution is -0.136. The third-order valence-electron chi connectivity index (χ3n) is 4.60. The normalized spacial score (nSPS) is 10.5. The van der Waals surface area contributed by atoms with Crippen LogP contribution in [0.15, 0.2) is 71.8 Å². The molecule has 35 heavy (non-hydrogen) atoms. The Balaban J connectivity index is 1.48. The molecular weight excluding hydrogens is 472 g/mol. The van der Waals surface area contributed by atoms with Gasteiger partial charge in [-0.3, -0.25) is 14.4 Å². The van der Waals surface area contributed by atoms with Gasteiger partial charge in [-0.25, -0.2) is 5.43 Å². The molecule has 0 unspecified atom stereocenters. The topological polar surface area (TPSA) is 118 Å². The van der Waals surface area contributed by atoms with Crippen LogP contribution in [0.4, 0.5) is 11.4 Å². The number of halogens is 1. The van der Waals surface area contributed by atoms with Crippen LogP contribution in [0.3, 0.4) is 0 Å². The van der Waals surface area contributed by atoms with Crippen LogP contribution in [-0.2, 0) is 14.4 Å². The molecule has 0 aliphatic carbocycles. The van der Waals surface area contributed by atoms with E-state index in [2.05, 4.69) is 21.2 Å². The van der Waals surface area contributed by atoms with Gasteiger partial charge in [0.2, 0.25) is 0 Å². The van der Waals surface area contributed by atoms with Gasteiger partial charge in [-0.05, 0) is 54.4 Å². The van der Waals surface area contributed by atoms with Crippen LogP contribution in [0, 0.1) is 6.92 Å². The second kappa shape index (κ2) is 12.2. The summed E-state index contributed by atoms with van der Waals surface area (Å²) in [6.45, 7) is 1.66. The maximum Gasteiger partial charge on any atom is 0.329 e. The average molecular weight is 495 g/mol. The summed E-state index contributed by atoms with van der Waals surface area (Å²) in [5, 5.41) is 9.51. The van der Waals surface area contributed by atoms with Crippen LogP contribution < -0.4 is 25.5 Å². The third-order valence-corrected chi connectivity index (χ3v) is 5.00. The molecule has 0 bridgehead atoms. The third kappa shape index (κ3) is 7.86. The molecule has 3 rings (SSSR count). The molecule has 0 saturated heterocycles. The van der Waals surface area contributed by atoms with Crippen molar-refractivity contribution >= 4 is 46.9 Å². The fourth-order valence-electron chi connectivity index (χ4n) is 2.81. The smallest absolute Gasteiger partial charge is 0.329 e. The molecule has 3 aromatic carbocycles. The SMILES string of the molecule is COc1cccc(NC(=O)C(=O)N/N=C\c2cccc(OCC(=O)Nc3ccc(C)c(Cl)c3)c2)c1. The van der Waals surface area contributed by atoms with Crippen LogP contribution in [0.25, 0.3) is 0 Å². The van der Waals surface area contributed by atoms with Crippen molar-refractivity contribution in [2.24, 2.45) is 5.10 Å². The van der Waals surface area contributed by atoms with E-state index in [-0.39, 0.29) is 12.5 Å². The number of benzene rings is 3. The minimum Gasteiger partial charge on any atom is -0.497 e. The molecule has 0 aliphatic rings. The molecule has 3 N–H and O–H groups in total. The van der Waals surface area contributed by atoms with E-state index in [0.717, 1.165) is 5.56 Å². The Morgan fingerprint density at radius 2 is 1.66 bits per heavy atom. The summed E-state index contributed by atoms with van der Waals surface area (Å²) >= 11 is 6.07. The molecule has 180 valence electrons. The number of aryl methyl sites for hydroxylation is 1. The zero-order valence-corrected chi connectivity index (χ0v) is 19.8. The summed E-state index contributed by atoms with van der Waals surface area (Å²) in [6, 6.07) is 18.5. The fourth-order valence-corrected chi connectivity index (χ4v) is 2.99. The van der Waals surface area contributed by atoms with Gasteiger partial charge in [-0.1, -0.05) is 35.9 Å². The molecule has 10 heteroatoms. The Morgan fingerprint density at radius 1 is 0.914 bits per heavy atom. The van der Waals surface area contributed by atoms with E-state index in [9.17, 15) is 14.4 Å². The first-order chi connectivity index (χ1) is 16.8. The molecule has 0 spiro atoms. The number of nitrogens with zero attached hydrogens (tertiary/aromatic N) is 1. The summed E-state index contributed by atoms with van der Waals surface area (Å²) in [4.78, 5) is 36.1. The Kier molecular flexibility index (Phi) is 8.80. The number of methoxy groups -OCH3 is 1. The van der Waals surface area contributed by atoms with Crippen molar-refractivity contribution in [3.05, 3.63) is 82.9 Å². The predicted molar refractivity (Wildman–Crippen MR) is 134 cm³/mol. The van der Waals surface area contributed by atoms with Crippen LogP contribution in [-0.4, -0.2) is 37.7 Å². The quantitative estimate of drug-likeness (QED) is 0.250. The lowest BCUT2D eigenvalue weighted by atomic mass is 10.2. The van der Waals surface area contributed by atoms with Gasteiger partial charge < -0.3 is 20.1 Å². The number of anilines is 2. The van der Waals surface area contributed by atoms with E-state index in [1.54, 1.807) is 60.7 Å². The lowest BCUT2D eigenvalue weighted by Crippen LogP contribution is -2.32. The molecule has 0 atom stereocenters. The molecule has 0 heterocycles. The van der Waals surface area contributed by atoms with Crippen molar-refractivity contribution in [2.75, 3.05) is 24.4 Å². The molecule has 0 aromatic heterocycles. The van der Waals surface area contributed by atoms with E-state index in [1.807, 2.05) is 13.0 Å². The molecule has 9 nitrogen and oxygen atoms in total. The number of hydrogen-bond donors (Lipinski definition) is 3. The van der Waals surface area contributed by atoms with Crippen LogP contribution in [0.5, 0.6) is 11.5 Å². The van der Waals surface area contributed by atoms with Gasteiger partial charge >= 0.3 is 11.8 Å². The van der Waals surface area contributed by atoms with Gasteiger partial charge in [0, 0.05) is 22.5 Å². The number of amides is 3. The second-order valence-corrected chi connectivity index (χ2v) is 7.67. The highest BCUT2D eigenvalue weighted by Gasteiger charge is 2.13. The van der Waals surface area contributed by atoms with Gasteiger partial charge in [-0.15, -0.1) is 0 Å². The predicted octanol–water partition coefficient (Wildman–Crippen LogP) is 3.76. The van der Waals surface area contributed by atoms with Crippen molar-refractivity contribution < 1.29 is 23.9 Å².